The van der Waals surface area contributed by atoms with Crippen molar-refractivity contribution >= 4 is 11.8 Å². The molecule has 2 heteroatoms. The lowest BCUT2D eigenvalue weighted by atomic mass is 9.98. The molecule has 0 spiro atoms. The SMILES string of the molecule is CC(CCN)CC1Cc2ccccc2S1. The molecule has 1 nitrogen and oxygen atoms in total. The van der Waals surface area contributed by atoms with Gasteiger partial charge in [-0.2, -0.15) is 0 Å². The molecular weight excluding hydrogens is 202 g/mol. The molecule has 0 radical (unpaired) electrons. The van der Waals surface area contributed by atoms with Crippen LogP contribution in [-0.4, -0.2) is 11.8 Å². The first kappa shape index (κ1) is 11.0. The summed E-state index contributed by atoms with van der Waals surface area (Å²) in [6, 6.07) is 8.78. The Labute approximate surface area is 96.4 Å². The topological polar surface area (TPSA) is 26.0 Å². The maximum Gasteiger partial charge on any atom is 0.0138 e. The van der Waals surface area contributed by atoms with E-state index in [1.165, 1.54) is 23.3 Å². The van der Waals surface area contributed by atoms with E-state index in [1.54, 1.807) is 0 Å². The maximum absolute atomic E-state index is 5.58. The normalized spacial score (nSPS) is 21.3. The highest BCUT2D eigenvalue weighted by molar-refractivity contribution is 8.00. The summed E-state index contributed by atoms with van der Waals surface area (Å²) in [7, 11) is 0. The van der Waals surface area contributed by atoms with Gasteiger partial charge in [-0.25, -0.2) is 0 Å². The highest BCUT2D eigenvalue weighted by Crippen LogP contribution is 2.39. The van der Waals surface area contributed by atoms with Crippen molar-refractivity contribution in [3.63, 3.8) is 0 Å². The number of rotatable bonds is 4. The van der Waals surface area contributed by atoms with E-state index in [0.717, 1.165) is 24.1 Å². The zero-order valence-electron chi connectivity index (χ0n) is 9.28. The van der Waals surface area contributed by atoms with Gasteiger partial charge in [0.15, 0.2) is 0 Å². The summed E-state index contributed by atoms with van der Waals surface area (Å²) in [5, 5.41) is 0.781. The number of hydrogen-bond donors (Lipinski definition) is 1. The average molecular weight is 221 g/mol. The summed E-state index contributed by atoms with van der Waals surface area (Å²) >= 11 is 2.05. The second kappa shape index (κ2) is 5.04. The second-order valence-corrected chi connectivity index (χ2v) is 5.81. The van der Waals surface area contributed by atoms with Crippen molar-refractivity contribution in [3.05, 3.63) is 29.8 Å². The zero-order chi connectivity index (χ0) is 10.7. The molecular formula is C13H19NS. The minimum atomic E-state index is 0.766. The van der Waals surface area contributed by atoms with E-state index in [4.69, 9.17) is 5.73 Å². The summed E-state index contributed by atoms with van der Waals surface area (Å²) in [6.07, 6.45) is 3.71. The molecule has 2 atom stereocenters. The van der Waals surface area contributed by atoms with Crippen LogP contribution in [0.5, 0.6) is 0 Å². The second-order valence-electron chi connectivity index (χ2n) is 4.47. The van der Waals surface area contributed by atoms with Crippen molar-refractivity contribution in [3.8, 4) is 0 Å². The third-order valence-electron chi connectivity index (χ3n) is 3.04. The minimum absolute atomic E-state index is 0.766. The monoisotopic (exact) mass is 221 g/mol. The van der Waals surface area contributed by atoms with Crippen LogP contribution >= 0.6 is 11.8 Å². The molecule has 0 bridgehead atoms. The lowest BCUT2D eigenvalue weighted by Gasteiger charge is -2.14. The molecule has 1 aromatic rings. The molecule has 1 aromatic carbocycles. The van der Waals surface area contributed by atoms with Gasteiger partial charge in [0.1, 0.15) is 0 Å². The number of hydrogen-bond acceptors (Lipinski definition) is 2. The quantitative estimate of drug-likeness (QED) is 0.845. The van der Waals surface area contributed by atoms with Gasteiger partial charge in [0.05, 0.1) is 0 Å². The van der Waals surface area contributed by atoms with Crippen LogP contribution in [0, 0.1) is 5.92 Å². The largest absolute Gasteiger partial charge is 0.330 e. The van der Waals surface area contributed by atoms with Gasteiger partial charge < -0.3 is 5.73 Å². The number of benzene rings is 1. The number of fused-ring (bicyclic) bond motifs is 1. The van der Waals surface area contributed by atoms with Gasteiger partial charge in [-0.15, -0.1) is 11.8 Å². The van der Waals surface area contributed by atoms with Crippen molar-refractivity contribution in [2.24, 2.45) is 11.7 Å². The smallest absolute Gasteiger partial charge is 0.0138 e. The van der Waals surface area contributed by atoms with Gasteiger partial charge in [0.2, 0.25) is 0 Å². The lowest BCUT2D eigenvalue weighted by molar-refractivity contribution is 0.491. The molecule has 0 fully saturated rings. The third-order valence-corrected chi connectivity index (χ3v) is 4.38. The zero-order valence-corrected chi connectivity index (χ0v) is 10.1. The van der Waals surface area contributed by atoms with Crippen LogP contribution in [0.2, 0.25) is 0 Å². The molecule has 1 aliphatic heterocycles. The first-order valence-electron chi connectivity index (χ1n) is 5.74. The van der Waals surface area contributed by atoms with Crippen LogP contribution in [0.1, 0.15) is 25.3 Å². The van der Waals surface area contributed by atoms with E-state index in [2.05, 4.69) is 31.2 Å². The third kappa shape index (κ3) is 2.76. The fourth-order valence-electron chi connectivity index (χ4n) is 2.24. The summed E-state index contributed by atoms with van der Waals surface area (Å²) in [4.78, 5) is 1.49. The lowest BCUT2D eigenvalue weighted by Crippen LogP contribution is -2.11. The Bertz CT molecular complexity index is 299. The van der Waals surface area contributed by atoms with Crippen molar-refractivity contribution in [1.29, 1.82) is 0 Å². The Morgan fingerprint density at radius 2 is 2.27 bits per heavy atom. The highest BCUT2D eigenvalue weighted by atomic mass is 32.2. The fourth-order valence-corrected chi connectivity index (χ4v) is 3.74. The predicted octanol–water partition coefficient (Wildman–Crippen LogP) is 3.08. The number of nitrogens with two attached hydrogens (primary N) is 1. The van der Waals surface area contributed by atoms with E-state index < -0.39 is 0 Å². The van der Waals surface area contributed by atoms with Crippen molar-refractivity contribution < 1.29 is 0 Å². The van der Waals surface area contributed by atoms with E-state index in [0.29, 0.717) is 0 Å². The van der Waals surface area contributed by atoms with Crippen molar-refractivity contribution in [2.45, 2.75) is 36.3 Å². The van der Waals surface area contributed by atoms with Gasteiger partial charge in [-0.3, -0.25) is 0 Å². The molecule has 0 aliphatic carbocycles. The van der Waals surface area contributed by atoms with Gasteiger partial charge in [-0.1, -0.05) is 25.1 Å². The Hall–Kier alpha value is -0.470. The van der Waals surface area contributed by atoms with Crippen LogP contribution in [0.4, 0.5) is 0 Å². The van der Waals surface area contributed by atoms with Crippen LogP contribution in [0.25, 0.3) is 0 Å². The minimum Gasteiger partial charge on any atom is -0.330 e. The van der Waals surface area contributed by atoms with Gasteiger partial charge in [0, 0.05) is 10.1 Å². The Balaban J connectivity index is 1.90. The van der Waals surface area contributed by atoms with Crippen LogP contribution in [-0.2, 0) is 6.42 Å². The van der Waals surface area contributed by atoms with Crippen LogP contribution < -0.4 is 5.73 Å². The van der Waals surface area contributed by atoms with E-state index >= 15 is 0 Å². The van der Waals surface area contributed by atoms with E-state index in [1.807, 2.05) is 11.8 Å². The van der Waals surface area contributed by atoms with Crippen molar-refractivity contribution in [1.82, 2.24) is 0 Å². The Kier molecular flexibility index (Phi) is 3.71. The molecule has 0 aromatic heterocycles. The maximum atomic E-state index is 5.58. The Morgan fingerprint density at radius 1 is 1.47 bits per heavy atom. The van der Waals surface area contributed by atoms with E-state index in [-0.39, 0.29) is 0 Å². The Morgan fingerprint density at radius 3 is 3.00 bits per heavy atom. The molecule has 2 N–H and O–H groups in total. The van der Waals surface area contributed by atoms with Crippen LogP contribution in [0.15, 0.2) is 29.2 Å². The summed E-state index contributed by atoms with van der Waals surface area (Å²) in [6.45, 7) is 3.14. The van der Waals surface area contributed by atoms with Gasteiger partial charge in [-0.05, 0) is 43.4 Å². The van der Waals surface area contributed by atoms with Crippen molar-refractivity contribution in [2.75, 3.05) is 6.54 Å². The molecule has 0 saturated carbocycles. The summed E-state index contributed by atoms with van der Waals surface area (Å²) in [5.41, 5.74) is 7.12. The van der Waals surface area contributed by atoms with Gasteiger partial charge in [0.25, 0.3) is 0 Å². The molecule has 2 unspecified atom stereocenters. The molecule has 0 amide bonds. The molecule has 2 rings (SSSR count). The van der Waals surface area contributed by atoms with Gasteiger partial charge >= 0.3 is 0 Å². The molecule has 15 heavy (non-hydrogen) atoms. The first-order chi connectivity index (χ1) is 7.29. The molecule has 1 aliphatic rings. The van der Waals surface area contributed by atoms with Crippen LogP contribution in [0.3, 0.4) is 0 Å². The summed E-state index contributed by atoms with van der Waals surface area (Å²) in [5.74, 6) is 0.766. The first-order valence-corrected chi connectivity index (χ1v) is 6.62. The highest BCUT2D eigenvalue weighted by Gasteiger charge is 2.22. The summed E-state index contributed by atoms with van der Waals surface area (Å²) < 4.78 is 0. The fraction of sp³-hybridized carbons (Fsp3) is 0.538. The number of thioether (sulfide) groups is 1. The predicted molar refractivity (Wildman–Crippen MR) is 67.2 cm³/mol. The molecule has 0 saturated heterocycles. The molecule has 1 heterocycles. The molecule has 82 valence electrons. The average Bonchev–Trinajstić information content (AvgIpc) is 2.59. The van der Waals surface area contributed by atoms with E-state index in [9.17, 15) is 0 Å². The standard InChI is InChI=1S/C13H19NS/c1-10(6-7-14)8-12-9-11-4-2-3-5-13(11)15-12/h2-5,10,12H,6-9,14H2,1H3.